The number of hydrogen-bond acceptors (Lipinski definition) is 3. The first kappa shape index (κ1) is 15.1. The Kier molecular flexibility index (Phi) is 5.23. The van der Waals surface area contributed by atoms with E-state index < -0.39 is 12.0 Å². The Labute approximate surface area is 120 Å². The van der Waals surface area contributed by atoms with E-state index in [0.29, 0.717) is 13.0 Å². The normalized spacial score (nSPS) is 25.4. The molecule has 0 bridgehead atoms. The predicted octanol–water partition coefficient (Wildman–Crippen LogP) is 1.12. The highest BCUT2D eigenvalue weighted by atomic mass is 16.4. The van der Waals surface area contributed by atoms with E-state index in [1.165, 1.54) is 17.7 Å². The second-order valence-electron chi connectivity index (χ2n) is 5.90. The Bertz CT molecular complexity index is 356. The quantitative estimate of drug-likeness (QED) is 0.811. The zero-order chi connectivity index (χ0) is 14.5. The van der Waals surface area contributed by atoms with E-state index >= 15 is 0 Å². The maximum absolute atomic E-state index is 12.2. The molecule has 6 nitrogen and oxygen atoms in total. The number of amides is 2. The Morgan fingerprint density at radius 3 is 2.50 bits per heavy atom. The predicted molar refractivity (Wildman–Crippen MR) is 75.6 cm³/mol. The molecule has 2 rings (SSSR count). The minimum absolute atomic E-state index is 0.0528. The number of piperidine rings is 1. The van der Waals surface area contributed by atoms with Crippen molar-refractivity contribution < 1.29 is 14.7 Å². The van der Waals surface area contributed by atoms with Crippen LogP contribution in [0, 0.1) is 0 Å². The number of carboxylic acids is 1. The highest BCUT2D eigenvalue weighted by Crippen LogP contribution is 2.17. The van der Waals surface area contributed by atoms with E-state index in [4.69, 9.17) is 0 Å². The standard InChI is InChI=1S/C14H25N3O3/c1-11(10-16-7-4-5-8-16)15-14(20)17-9-3-2-6-12(17)13(18)19/h11-12H,2-10H2,1H3,(H,15,20)(H,18,19). The van der Waals surface area contributed by atoms with Gasteiger partial charge in [0.05, 0.1) is 0 Å². The van der Waals surface area contributed by atoms with Crippen molar-refractivity contribution in [3.05, 3.63) is 0 Å². The van der Waals surface area contributed by atoms with Crippen molar-refractivity contribution in [1.29, 1.82) is 0 Å². The van der Waals surface area contributed by atoms with Gasteiger partial charge in [0.2, 0.25) is 0 Å². The summed E-state index contributed by atoms with van der Waals surface area (Å²) in [4.78, 5) is 27.3. The smallest absolute Gasteiger partial charge is 0.326 e. The number of nitrogens with zero attached hydrogens (tertiary/aromatic N) is 2. The van der Waals surface area contributed by atoms with Gasteiger partial charge in [-0.05, 0) is 52.1 Å². The average Bonchev–Trinajstić information content (AvgIpc) is 2.91. The summed E-state index contributed by atoms with van der Waals surface area (Å²) in [5.74, 6) is -0.896. The molecule has 2 amide bonds. The summed E-state index contributed by atoms with van der Waals surface area (Å²) < 4.78 is 0. The molecule has 2 saturated heterocycles. The fourth-order valence-corrected chi connectivity index (χ4v) is 3.12. The maximum atomic E-state index is 12.2. The molecular weight excluding hydrogens is 258 g/mol. The van der Waals surface area contributed by atoms with E-state index in [2.05, 4.69) is 10.2 Å². The SMILES string of the molecule is CC(CN1CCCC1)NC(=O)N1CCCCC1C(=O)O. The second-order valence-corrected chi connectivity index (χ2v) is 5.90. The molecule has 0 aliphatic carbocycles. The van der Waals surface area contributed by atoms with Crippen LogP contribution in [0.15, 0.2) is 0 Å². The van der Waals surface area contributed by atoms with Gasteiger partial charge in [-0.2, -0.15) is 0 Å². The fraction of sp³-hybridized carbons (Fsp3) is 0.857. The van der Waals surface area contributed by atoms with Gasteiger partial charge in [0, 0.05) is 19.1 Å². The lowest BCUT2D eigenvalue weighted by Crippen LogP contribution is -2.54. The zero-order valence-electron chi connectivity index (χ0n) is 12.2. The van der Waals surface area contributed by atoms with Gasteiger partial charge in [-0.25, -0.2) is 9.59 Å². The van der Waals surface area contributed by atoms with E-state index in [0.717, 1.165) is 32.5 Å². The highest BCUT2D eigenvalue weighted by Gasteiger charge is 2.32. The molecule has 2 fully saturated rings. The molecule has 0 aromatic rings. The molecule has 2 heterocycles. The molecule has 2 aliphatic heterocycles. The zero-order valence-corrected chi connectivity index (χ0v) is 12.2. The fourth-order valence-electron chi connectivity index (χ4n) is 3.12. The molecule has 2 unspecified atom stereocenters. The number of likely N-dealkylation sites (tertiary alicyclic amines) is 2. The van der Waals surface area contributed by atoms with Crippen molar-refractivity contribution in [1.82, 2.24) is 15.1 Å². The molecule has 20 heavy (non-hydrogen) atoms. The lowest BCUT2D eigenvalue weighted by atomic mass is 10.0. The summed E-state index contributed by atoms with van der Waals surface area (Å²) >= 11 is 0. The molecule has 6 heteroatoms. The largest absolute Gasteiger partial charge is 0.480 e. The Morgan fingerprint density at radius 1 is 1.20 bits per heavy atom. The molecule has 2 aliphatic rings. The first-order chi connectivity index (χ1) is 9.58. The first-order valence-electron chi connectivity index (χ1n) is 7.60. The summed E-state index contributed by atoms with van der Waals surface area (Å²) in [6.07, 6.45) is 4.78. The minimum atomic E-state index is -0.896. The number of hydrogen-bond donors (Lipinski definition) is 2. The second kappa shape index (κ2) is 6.92. The highest BCUT2D eigenvalue weighted by molar-refractivity contribution is 5.83. The Morgan fingerprint density at radius 2 is 1.85 bits per heavy atom. The van der Waals surface area contributed by atoms with Crippen molar-refractivity contribution in [3.8, 4) is 0 Å². The third-order valence-corrected chi connectivity index (χ3v) is 4.15. The van der Waals surface area contributed by atoms with E-state index in [1.807, 2.05) is 6.92 Å². The number of rotatable bonds is 4. The Balaban J connectivity index is 1.84. The third kappa shape index (κ3) is 3.85. The molecule has 0 aromatic carbocycles. The number of carbonyl (C=O) groups is 2. The number of carboxylic acid groups (broad SMARTS) is 1. The number of urea groups is 1. The van der Waals surface area contributed by atoms with Gasteiger partial charge in [-0.3, -0.25) is 0 Å². The maximum Gasteiger partial charge on any atom is 0.326 e. The monoisotopic (exact) mass is 283 g/mol. The number of nitrogens with one attached hydrogen (secondary N) is 1. The molecule has 2 atom stereocenters. The van der Waals surface area contributed by atoms with Crippen molar-refractivity contribution in [2.24, 2.45) is 0 Å². The summed E-state index contributed by atoms with van der Waals surface area (Å²) in [5, 5.41) is 12.1. The van der Waals surface area contributed by atoms with Crippen LogP contribution < -0.4 is 5.32 Å². The Hall–Kier alpha value is -1.30. The summed E-state index contributed by atoms with van der Waals surface area (Å²) in [6, 6.07) is -0.844. The van der Waals surface area contributed by atoms with Gasteiger partial charge in [0.15, 0.2) is 0 Å². The van der Waals surface area contributed by atoms with Crippen LogP contribution in [0.5, 0.6) is 0 Å². The van der Waals surface area contributed by atoms with Crippen LogP contribution >= 0.6 is 0 Å². The van der Waals surface area contributed by atoms with Crippen LogP contribution in [0.3, 0.4) is 0 Å². The summed E-state index contributed by atoms with van der Waals surface area (Å²) in [6.45, 7) is 5.57. The molecule has 0 aromatic heterocycles. The van der Waals surface area contributed by atoms with Gasteiger partial charge >= 0.3 is 12.0 Å². The summed E-state index contributed by atoms with van der Waals surface area (Å²) in [7, 11) is 0. The van der Waals surface area contributed by atoms with Crippen molar-refractivity contribution in [2.75, 3.05) is 26.2 Å². The van der Waals surface area contributed by atoms with E-state index in [1.54, 1.807) is 0 Å². The lowest BCUT2D eigenvalue weighted by molar-refractivity contribution is -0.143. The van der Waals surface area contributed by atoms with Gasteiger partial charge in [-0.1, -0.05) is 0 Å². The molecule has 114 valence electrons. The lowest BCUT2D eigenvalue weighted by Gasteiger charge is -2.34. The average molecular weight is 283 g/mol. The number of carbonyl (C=O) groups excluding carboxylic acids is 1. The van der Waals surface area contributed by atoms with Gasteiger partial charge < -0.3 is 20.2 Å². The van der Waals surface area contributed by atoms with Crippen molar-refractivity contribution in [3.63, 3.8) is 0 Å². The van der Waals surface area contributed by atoms with Gasteiger partial charge in [-0.15, -0.1) is 0 Å². The topological polar surface area (TPSA) is 72.9 Å². The molecule has 0 spiro atoms. The van der Waals surface area contributed by atoms with Crippen LogP contribution in [0.4, 0.5) is 4.79 Å². The molecule has 0 radical (unpaired) electrons. The first-order valence-corrected chi connectivity index (χ1v) is 7.60. The molecular formula is C14H25N3O3. The van der Waals surface area contributed by atoms with Gasteiger partial charge in [0.1, 0.15) is 6.04 Å². The van der Waals surface area contributed by atoms with E-state index in [9.17, 15) is 14.7 Å². The molecule has 2 N–H and O–H groups in total. The number of aliphatic carboxylic acids is 1. The van der Waals surface area contributed by atoms with Crippen LogP contribution in [-0.4, -0.2) is 65.2 Å². The minimum Gasteiger partial charge on any atom is -0.480 e. The van der Waals surface area contributed by atoms with Crippen LogP contribution in [-0.2, 0) is 4.79 Å². The van der Waals surface area contributed by atoms with Crippen LogP contribution in [0.2, 0.25) is 0 Å². The van der Waals surface area contributed by atoms with Crippen LogP contribution in [0.25, 0.3) is 0 Å². The molecule has 0 saturated carbocycles. The van der Waals surface area contributed by atoms with Crippen molar-refractivity contribution >= 4 is 12.0 Å². The summed E-state index contributed by atoms with van der Waals surface area (Å²) in [5.41, 5.74) is 0. The van der Waals surface area contributed by atoms with Gasteiger partial charge in [0.25, 0.3) is 0 Å². The van der Waals surface area contributed by atoms with E-state index in [-0.39, 0.29) is 12.1 Å². The third-order valence-electron chi connectivity index (χ3n) is 4.15. The van der Waals surface area contributed by atoms with Crippen LogP contribution in [0.1, 0.15) is 39.0 Å². The van der Waals surface area contributed by atoms with Crippen molar-refractivity contribution in [2.45, 2.75) is 51.1 Å².